The Morgan fingerprint density at radius 3 is 2.12 bits per heavy atom. The first-order valence-corrected chi connectivity index (χ1v) is 18.2. The summed E-state index contributed by atoms with van der Waals surface area (Å²) in [6.45, 7) is 7.42. The minimum atomic E-state index is -0.630. The van der Waals surface area contributed by atoms with Gasteiger partial charge in [0.25, 0.3) is 0 Å². The number of carbonyl (C=O) groups is 1. The molecule has 0 saturated carbocycles. The van der Waals surface area contributed by atoms with Crippen LogP contribution in [0.2, 0.25) is 0 Å². The number of ether oxygens (including phenoxy) is 3. The maximum atomic E-state index is 12.9. The van der Waals surface area contributed by atoms with Gasteiger partial charge in [0.05, 0.1) is 29.0 Å². The lowest BCUT2D eigenvalue weighted by molar-refractivity contribution is 0.0582. The van der Waals surface area contributed by atoms with Crippen molar-refractivity contribution in [1.29, 1.82) is 0 Å². The number of unbranched alkanes of at least 4 members (excludes halogenated alkanes) is 4. The average molecular weight is 692 g/mol. The van der Waals surface area contributed by atoms with Crippen molar-refractivity contribution in [3.8, 4) is 28.4 Å². The summed E-state index contributed by atoms with van der Waals surface area (Å²) in [5.74, 6) is 1.72. The van der Waals surface area contributed by atoms with Gasteiger partial charge < -0.3 is 19.1 Å². The second-order valence-corrected chi connectivity index (χ2v) is 14.0. The highest BCUT2D eigenvalue weighted by Gasteiger charge is 2.57. The Bertz CT molecular complexity index is 2090. The van der Waals surface area contributed by atoms with Crippen LogP contribution in [0, 0.1) is 0 Å². The molecule has 1 unspecified atom stereocenters. The molecule has 2 heterocycles. The van der Waals surface area contributed by atoms with E-state index in [9.17, 15) is 4.79 Å². The van der Waals surface area contributed by atoms with Crippen LogP contribution in [0.4, 0.5) is 17.1 Å². The minimum absolute atomic E-state index is 0.260. The van der Waals surface area contributed by atoms with Gasteiger partial charge in [0.1, 0.15) is 17.2 Å². The molecule has 0 amide bonds. The third-order valence-electron chi connectivity index (χ3n) is 10.2. The van der Waals surface area contributed by atoms with Crippen molar-refractivity contribution in [3.05, 3.63) is 138 Å². The van der Waals surface area contributed by atoms with Gasteiger partial charge >= 0.3 is 5.97 Å². The van der Waals surface area contributed by atoms with Crippen molar-refractivity contribution < 1.29 is 19.0 Å². The molecule has 5 aromatic rings. The molecule has 0 aliphatic carbocycles. The number of fused-ring (bicyclic) bond motifs is 2. The number of likely N-dealkylation sites (N-methyl/N-ethyl adjacent to an activating group) is 1. The Kier molecular flexibility index (Phi) is 9.95. The van der Waals surface area contributed by atoms with E-state index in [4.69, 9.17) is 14.2 Å². The van der Waals surface area contributed by atoms with Gasteiger partial charge in [-0.25, -0.2) is 4.79 Å². The van der Waals surface area contributed by atoms with Crippen LogP contribution in [0.15, 0.2) is 132 Å². The maximum Gasteiger partial charge on any atom is 0.343 e. The fraction of sp³-hybridized carbons (Fsp3) is 0.267. The first-order valence-electron chi connectivity index (χ1n) is 18.2. The number of azo groups is 1. The average Bonchev–Trinajstić information content (AvgIpc) is 3.33. The number of rotatable bonds is 12. The summed E-state index contributed by atoms with van der Waals surface area (Å²) in [4.78, 5) is 15.1. The number of esters is 1. The number of anilines is 1. The van der Waals surface area contributed by atoms with Gasteiger partial charge in [0, 0.05) is 18.3 Å². The lowest BCUT2D eigenvalue weighted by Crippen LogP contribution is -2.58. The fourth-order valence-electron chi connectivity index (χ4n) is 7.13. The standard InChI is InChI=1S/C45H45N3O4/c1-5-6-7-8-11-30-50-38-23-16-32(17-24-38)33-18-25-39(26-19-33)51-43(49)34-14-20-36(21-15-34)46-47-37-22-27-42-35(31-37)28-29-45(52-42)44(2,3)40-12-9-10-13-41(40)48(45)4/h9-10,12-29,31H,5-8,11,30H2,1-4H3. The highest BCUT2D eigenvalue weighted by Crippen LogP contribution is 2.54. The Morgan fingerprint density at radius 2 is 1.40 bits per heavy atom. The Hall–Kier alpha value is -5.69. The second-order valence-electron chi connectivity index (χ2n) is 14.0. The van der Waals surface area contributed by atoms with Crippen molar-refractivity contribution in [2.24, 2.45) is 10.2 Å². The summed E-state index contributed by atoms with van der Waals surface area (Å²) in [5.41, 5.74) is 6.34. The van der Waals surface area contributed by atoms with Gasteiger partial charge in [0.2, 0.25) is 5.72 Å². The van der Waals surface area contributed by atoms with E-state index in [2.05, 4.69) is 79.4 Å². The fourth-order valence-corrected chi connectivity index (χ4v) is 7.13. The molecule has 264 valence electrons. The molecule has 2 aliphatic heterocycles. The zero-order chi connectivity index (χ0) is 36.1. The largest absolute Gasteiger partial charge is 0.494 e. The summed E-state index contributed by atoms with van der Waals surface area (Å²) in [7, 11) is 2.08. The van der Waals surface area contributed by atoms with Crippen molar-refractivity contribution in [2.45, 2.75) is 64.0 Å². The van der Waals surface area contributed by atoms with Crippen LogP contribution in [-0.2, 0) is 5.41 Å². The molecule has 0 aromatic heterocycles. The highest BCUT2D eigenvalue weighted by molar-refractivity contribution is 5.91. The zero-order valence-corrected chi connectivity index (χ0v) is 30.3. The molecule has 1 atom stereocenters. The van der Waals surface area contributed by atoms with Crippen molar-refractivity contribution >= 4 is 29.1 Å². The van der Waals surface area contributed by atoms with E-state index in [1.165, 1.54) is 36.9 Å². The summed E-state index contributed by atoms with van der Waals surface area (Å²) >= 11 is 0. The summed E-state index contributed by atoms with van der Waals surface area (Å²) in [5, 5.41) is 8.86. The van der Waals surface area contributed by atoms with Crippen LogP contribution >= 0.6 is 0 Å². The second kappa shape index (κ2) is 14.9. The van der Waals surface area contributed by atoms with Crippen LogP contribution in [0.3, 0.4) is 0 Å². The highest BCUT2D eigenvalue weighted by atomic mass is 16.5. The van der Waals surface area contributed by atoms with Crippen LogP contribution in [0.25, 0.3) is 17.2 Å². The molecule has 5 aromatic carbocycles. The van der Waals surface area contributed by atoms with Gasteiger partial charge in [-0.1, -0.05) is 75.1 Å². The van der Waals surface area contributed by atoms with Gasteiger partial charge in [-0.2, -0.15) is 10.2 Å². The van der Waals surface area contributed by atoms with E-state index in [1.807, 2.05) is 54.6 Å². The normalized spacial score (nSPS) is 16.8. The van der Waals surface area contributed by atoms with Gasteiger partial charge in [-0.15, -0.1) is 0 Å². The molecule has 52 heavy (non-hydrogen) atoms. The lowest BCUT2D eigenvalue weighted by atomic mass is 9.76. The molecule has 0 bridgehead atoms. The Balaban J connectivity index is 0.928. The number of hydrogen-bond donors (Lipinski definition) is 0. The van der Waals surface area contributed by atoms with Crippen LogP contribution in [0.1, 0.15) is 74.4 Å². The van der Waals surface area contributed by atoms with Crippen molar-refractivity contribution in [3.63, 3.8) is 0 Å². The monoisotopic (exact) mass is 691 g/mol. The van der Waals surface area contributed by atoms with Crippen LogP contribution < -0.4 is 19.1 Å². The molecule has 1 spiro atoms. The Morgan fingerprint density at radius 1 is 0.750 bits per heavy atom. The maximum absolute atomic E-state index is 12.9. The number of para-hydroxylation sites is 1. The van der Waals surface area contributed by atoms with E-state index >= 15 is 0 Å². The molecule has 0 radical (unpaired) electrons. The molecule has 0 N–H and O–H groups in total. The predicted octanol–water partition coefficient (Wildman–Crippen LogP) is 11.9. The quantitative estimate of drug-likeness (QED) is 0.0563. The molecule has 7 rings (SSSR count). The third kappa shape index (κ3) is 6.96. The molecule has 0 fully saturated rings. The molecule has 2 aliphatic rings. The van der Waals surface area contributed by atoms with E-state index in [0.717, 1.165) is 41.2 Å². The smallest absolute Gasteiger partial charge is 0.343 e. The summed E-state index contributed by atoms with van der Waals surface area (Å²) < 4.78 is 18.3. The number of benzene rings is 5. The number of carbonyl (C=O) groups excluding carboxylic acids is 1. The summed E-state index contributed by atoms with van der Waals surface area (Å²) in [6.07, 6.45) is 10.3. The SMILES string of the molecule is CCCCCCCOc1ccc(-c2ccc(OC(=O)c3ccc(N=Nc4ccc5c(c4)C=CC4(O5)N(C)c5ccccc5C4(C)C)cc3)cc2)cc1. The van der Waals surface area contributed by atoms with E-state index in [0.29, 0.717) is 22.7 Å². The van der Waals surface area contributed by atoms with Gasteiger partial charge in [-0.05, 0) is 122 Å². The first-order chi connectivity index (χ1) is 25.3. The molecule has 0 saturated heterocycles. The van der Waals surface area contributed by atoms with Crippen LogP contribution in [0.5, 0.6) is 17.2 Å². The van der Waals surface area contributed by atoms with Gasteiger partial charge in [0.15, 0.2) is 0 Å². The summed E-state index contributed by atoms with van der Waals surface area (Å²) in [6, 6.07) is 36.8. The Labute approximate surface area is 306 Å². The first kappa shape index (κ1) is 34.7. The van der Waals surface area contributed by atoms with E-state index in [1.54, 1.807) is 36.4 Å². The predicted molar refractivity (Wildman–Crippen MR) is 208 cm³/mol. The number of hydrogen-bond acceptors (Lipinski definition) is 7. The van der Waals surface area contributed by atoms with E-state index in [-0.39, 0.29) is 5.41 Å². The van der Waals surface area contributed by atoms with E-state index < -0.39 is 11.7 Å². The van der Waals surface area contributed by atoms with Gasteiger partial charge in [-0.3, -0.25) is 0 Å². The zero-order valence-electron chi connectivity index (χ0n) is 30.3. The third-order valence-corrected chi connectivity index (χ3v) is 10.2. The molecule has 7 heteroatoms. The molecular formula is C45H45N3O4. The van der Waals surface area contributed by atoms with Crippen molar-refractivity contribution in [2.75, 3.05) is 18.6 Å². The molecule has 7 nitrogen and oxygen atoms in total. The number of nitrogens with zero attached hydrogens (tertiary/aromatic N) is 3. The molecular weight excluding hydrogens is 647 g/mol. The minimum Gasteiger partial charge on any atom is -0.494 e. The van der Waals surface area contributed by atoms with Crippen LogP contribution in [-0.4, -0.2) is 25.3 Å². The topological polar surface area (TPSA) is 72.7 Å². The lowest BCUT2D eigenvalue weighted by Gasteiger charge is -2.45. The van der Waals surface area contributed by atoms with Crippen molar-refractivity contribution in [1.82, 2.24) is 0 Å².